The van der Waals surface area contributed by atoms with Gasteiger partial charge in [0, 0.05) is 12.8 Å². The van der Waals surface area contributed by atoms with E-state index in [9.17, 15) is 19.2 Å². The molecule has 126 valence electrons. The quantitative estimate of drug-likeness (QED) is 0.555. The summed E-state index contributed by atoms with van der Waals surface area (Å²) in [7, 11) is 0. The molecule has 23 heavy (non-hydrogen) atoms. The van der Waals surface area contributed by atoms with Crippen LogP contribution in [0.25, 0.3) is 0 Å². The number of esters is 1. The lowest BCUT2D eigenvalue weighted by atomic mass is 10.1. The van der Waals surface area contributed by atoms with Crippen molar-refractivity contribution in [3.8, 4) is 0 Å². The summed E-state index contributed by atoms with van der Waals surface area (Å²) < 4.78 is 4.96. The van der Waals surface area contributed by atoms with E-state index in [1.54, 1.807) is 13.8 Å². The molecule has 0 aliphatic rings. The first-order chi connectivity index (χ1) is 10.8. The molecule has 1 aromatic rings. The predicted molar refractivity (Wildman–Crippen MR) is 85.1 cm³/mol. The first-order valence-corrected chi connectivity index (χ1v) is 7.92. The molecule has 0 aliphatic carbocycles. The summed E-state index contributed by atoms with van der Waals surface area (Å²) in [6.45, 7) is 4.84. The molecule has 8 heteroatoms. The van der Waals surface area contributed by atoms with Gasteiger partial charge in [0.2, 0.25) is 5.91 Å². The van der Waals surface area contributed by atoms with E-state index >= 15 is 0 Å². The van der Waals surface area contributed by atoms with Crippen molar-refractivity contribution in [2.75, 3.05) is 11.9 Å². The third kappa shape index (κ3) is 5.17. The van der Waals surface area contributed by atoms with Crippen molar-refractivity contribution in [3.05, 3.63) is 16.0 Å². The number of amides is 1. The van der Waals surface area contributed by atoms with Gasteiger partial charge >= 0.3 is 11.9 Å². The fraction of sp³-hybridized carbons (Fsp3) is 0.467. The van der Waals surface area contributed by atoms with Crippen molar-refractivity contribution in [2.45, 2.75) is 40.0 Å². The zero-order chi connectivity index (χ0) is 17.6. The van der Waals surface area contributed by atoms with Crippen LogP contribution >= 0.6 is 11.3 Å². The van der Waals surface area contributed by atoms with Crippen LogP contribution in [0.15, 0.2) is 0 Å². The minimum absolute atomic E-state index is 0.0148. The van der Waals surface area contributed by atoms with Crippen LogP contribution < -0.4 is 5.32 Å². The monoisotopic (exact) mass is 341 g/mol. The minimum atomic E-state index is -0.976. The molecule has 0 saturated heterocycles. The summed E-state index contributed by atoms with van der Waals surface area (Å²) >= 11 is 1.02. The number of carboxylic acids is 1. The fourth-order valence-electron chi connectivity index (χ4n) is 1.98. The number of thiophene rings is 1. The van der Waals surface area contributed by atoms with Gasteiger partial charge in [0.05, 0.1) is 17.0 Å². The van der Waals surface area contributed by atoms with E-state index in [4.69, 9.17) is 9.84 Å². The van der Waals surface area contributed by atoms with Gasteiger partial charge < -0.3 is 15.2 Å². The molecule has 1 amide bonds. The van der Waals surface area contributed by atoms with Crippen molar-refractivity contribution in [1.29, 1.82) is 0 Å². The van der Waals surface area contributed by atoms with Gasteiger partial charge in [0.15, 0.2) is 5.78 Å². The Labute approximate surface area is 137 Å². The van der Waals surface area contributed by atoms with E-state index in [1.165, 1.54) is 6.92 Å². The Kier molecular flexibility index (Phi) is 6.89. The lowest BCUT2D eigenvalue weighted by molar-refractivity contribution is -0.137. The average molecular weight is 341 g/mol. The van der Waals surface area contributed by atoms with Crippen LogP contribution in [-0.4, -0.2) is 35.3 Å². The first-order valence-electron chi connectivity index (χ1n) is 7.11. The highest BCUT2D eigenvalue weighted by atomic mass is 32.1. The van der Waals surface area contributed by atoms with E-state index in [-0.39, 0.29) is 42.2 Å². The van der Waals surface area contributed by atoms with Crippen molar-refractivity contribution < 1.29 is 29.0 Å². The maximum atomic E-state index is 12.1. The topological polar surface area (TPSA) is 110 Å². The number of hydrogen-bond donors (Lipinski definition) is 2. The number of ether oxygens (including phenoxy) is 1. The van der Waals surface area contributed by atoms with Gasteiger partial charge in [-0.3, -0.25) is 14.4 Å². The van der Waals surface area contributed by atoms with E-state index in [0.29, 0.717) is 10.4 Å². The molecular weight excluding hydrogens is 322 g/mol. The summed E-state index contributed by atoms with van der Waals surface area (Å²) in [5.41, 5.74) is 0.649. The van der Waals surface area contributed by atoms with Crippen LogP contribution in [0, 0.1) is 6.92 Å². The Morgan fingerprint density at radius 2 is 1.87 bits per heavy atom. The summed E-state index contributed by atoms with van der Waals surface area (Å²) in [6, 6.07) is 0. The lowest BCUT2D eigenvalue weighted by Gasteiger charge is -2.06. The molecular formula is C15H19NO6S. The van der Waals surface area contributed by atoms with Crippen LogP contribution in [0.2, 0.25) is 0 Å². The van der Waals surface area contributed by atoms with Gasteiger partial charge in [-0.2, -0.15) is 0 Å². The number of hydrogen-bond acceptors (Lipinski definition) is 6. The number of nitrogens with one attached hydrogen (secondary N) is 1. The summed E-state index contributed by atoms with van der Waals surface area (Å²) in [5, 5.41) is 11.4. The van der Waals surface area contributed by atoms with E-state index in [2.05, 4.69) is 5.32 Å². The van der Waals surface area contributed by atoms with Crippen LogP contribution in [0.3, 0.4) is 0 Å². The highest BCUT2D eigenvalue weighted by Crippen LogP contribution is 2.34. The molecule has 2 N–H and O–H groups in total. The molecule has 0 unspecified atom stereocenters. The second kappa shape index (κ2) is 8.42. The molecule has 0 aromatic carbocycles. The molecule has 0 saturated carbocycles. The maximum Gasteiger partial charge on any atom is 0.341 e. The highest BCUT2D eigenvalue weighted by Gasteiger charge is 2.25. The number of Topliss-reactive ketones (excluding diaryl/α,β-unsaturated/α-hetero) is 1. The van der Waals surface area contributed by atoms with Crippen molar-refractivity contribution in [3.63, 3.8) is 0 Å². The smallest absolute Gasteiger partial charge is 0.341 e. The number of aliphatic carboxylic acids is 1. The number of carboxylic acid groups (broad SMARTS) is 1. The largest absolute Gasteiger partial charge is 0.481 e. The first kappa shape index (κ1) is 18.8. The summed E-state index contributed by atoms with van der Waals surface area (Å²) in [6.07, 6.45) is 0.0983. The van der Waals surface area contributed by atoms with Crippen molar-refractivity contribution in [1.82, 2.24) is 0 Å². The Bertz CT molecular complexity index is 634. The molecule has 1 rings (SSSR count). The van der Waals surface area contributed by atoms with Gasteiger partial charge in [-0.05, 0) is 32.8 Å². The van der Waals surface area contributed by atoms with Crippen LogP contribution in [-0.2, 0) is 14.3 Å². The van der Waals surface area contributed by atoms with Gasteiger partial charge in [-0.15, -0.1) is 11.3 Å². The zero-order valence-corrected chi connectivity index (χ0v) is 14.0. The Hall–Kier alpha value is -2.22. The Morgan fingerprint density at radius 3 is 2.39 bits per heavy atom. The second-order valence-electron chi connectivity index (χ2n) is 4.83. The number of carbonyl (C=O) groups is 4. The number of rotatable bonds is 8. The molecule has 0 atom stereocenters. The van der Waals surface area contributed by atoms with Crippen LogP contribution in [0.5, 0.6) is 0 Å². The predicted octanol–water partition coefficient (Wildman–Crippen LogP) is 2.63. The number of ketones is 1. The summed E-state index contributed by atoms with van der Waals surface area (Å²) in [4.78, 5) is 46.4. The molecule has 0 bridgehead atoms. The normalized spacial score (nSPS) is 10.2. The van der Waals surface area contributed by atoms with Crippen molar-refractivity contribution >= 4 is 40.0 Å². The van der Waals surface area contributed by atoms with Gasteiger partial charge in [-0.25, -0.2) is 4.79 Å². The molecule has 0 aliphatic heterocycles. The Balaban J connectivity index is 2.97. The third-order valence-electron chi connectivity index (χ3n) is 2.99. The number of carbonyl (C=O) groups excluding carboxylic acids is 3. The molecule has 1 heterocycles. The third-order valence-corrected chi connectivity index (χ3v) is 4.30. The maximum absolute atomic E-state index is 12.1. The minimum Gasteiger partial charge on any atom is -0.481 e. The van der Waals surface area contributed by atoms with Crippen LogP contribution in [0.1, 0.15) is 58.7 Å². The lowest BCUT2D eigenvalue weighted by Crippen LogP contribution is -2.14. The van der Waals surface area contributed by atoms with Gasteiger partial charge in [0.1, 0.15) is 5.00 Å². The van der Waals surface area contributed by atoms with Crippen LogP contribution in [0.4, 0.5) is 5.00 Å². The average Bonchev–Trinajstić information content (AvgIpc) is 2.75. The van der Waals surface area contributed by atoms with E-state index in [1.807, 2.05) is 0 Å². The zero-order valence-electron chi connectivity index (χ0n) is 13.2. The SMILES string of the molecule is CCOC(=O)c1c(NC(=O)CCCC(=O)O)sc(C(C)=O)c1C. The Morgan fingerprint density at radius 1 is 1.22 bits per heavy atom. The van der Waals surface area contributed by atoms with Crippen molar-refractivity contribution in [2.24, 2.45) is 0 Å². The highest BCUT2D eigenvalue weighted by molar-refractivity contribution is 7.18. The molecule has 7 nitrogen and oxygen atoms in total. The van der Waals surface area contributed by atoms with Gasteiger partial charge in [-0.1, -0.05) is 0 Å². The molecule has 1 aromatic heterocycles. The fourth-order valence-corrected chi connectivity index (χ4v) is 3.08. The number of anilines is 1. The summed E-state index contributed by atoms with van der Waals surface area (Å²) in [5.74, 6) is -2.19. The molecule has 0 fully saturated rings. The van der Waals surface area contributed by atoms with E-state index < -0.39 is 17.8 Å². The second-order valence-corrected chi connectivity index (χ2v) is 5.85. The van der Waals surface area contributed by atoms with Gasteiger partial charge in [0.25, 0.3) is 0 Å². The molecule has 0 radical (unpaired) electrons. The molecule has 0 spiro atoms. The standard InChI is InChI=1S/C15H19NO6S/c1-4-22-15(21)12-8(2)13(9(3)17)23-14(12)16-10(18)6-5-7-11(19)20/h4-7H2,1-3H3,(H,16,18)(H,19,20). The van der Waals surface area contributed by atoms with E-state index in [0.717, 1.165) is 11.3 Å².